The molecule has 1 heterocycles. The molecule has 1 fully saturated rings. The van der Waals surface area contributed by atoms with Crippen LogP contribution in [-0.2, 0) is 11.3 Å². The summed E-state index contributed by atoms with van der Waals surface area (Å²) in [5.41, 5.74) is 1.23. The van der Waals surface area contributed by atoms with Gasteiger partial charge in [-0.2, -0.15) is 0 Å². The molecule has 0 atom stereocenters. The Morgan fingerprint density at radius 1 is 1.21 bits per heavy atom. The second-order valence-electron chi connectivity index (χ2n) is 6.32. The first kappa shape index (κ1) is 21.5. The fourth-order valence-corrected chi connectivity index (χ4v) is 2.72. The van der Waals surface area contributed by atoms with Crippen molar-refractivity contribution in [1.29, 1.82) is 0 Å². The third kappa shape index (κ3) is 6.74. The minimum absolute atomic E-state index is 0. The number of ether oxygens (including phenoxy) is 1. The lowest BCUT2D eigenvalue weighted by atomic mass is 10.0. The third-order valence-electron chi connectivity index (χ3n) is 4.15. The molecule has 0 unspecified atom stereocenters. The van der Waals surface area contributed by atoms with Crippen molar-refractivity contribution in [2.24, 2.45) is 4.99 Å². The molecule has 1 aliphatic rings. The Morgan fingerprint density at radius 2 is 1.83 bits per heavy atom. The van der Waals surface area contributed by atoms with Gasteiger partial charge in [-0.15, -0.1) is 24.0 Å². The molecular formula is C17H28ClIN4O. The molecule has 7 heteroatoms. The fourth-order valence-electron chi connectivity index (χ4n) is 2.59. The second kappa shape index (κ2) is 10.4. The lowest BCUT2D eigenvalue weighted by molar-refractivity contribution is -0.00834. The number of aliphatic imine (C=N–C) groups is 1. The number of morpholine rings is 1. The number of rotatable bonds is 5. The van der Waals surface area contributed by atoms with E-state index < -0.39 is 0 Å². The maximum absolute atomic E-state index is 5.91. The van der Waals surface area contributed by atoms with Crippen LogP contribution in [-0.4, -0.2) is 56.3 Å². The Morgan fingerprint density at radius 3 is 2.42 bits per heavy atom. The minimum Gasteiger partial charge on any atom is -0.379 e. The smallest absolute Gasteiger partial charge is 0.191 e. The Hall–Kier alpha value is -0.570. The monoisotopic (exact) mass is 466 g/mol. The summed E-state index contributed by atoms with van der Waals surface area (Å²) < 4.78 is 5.43. The van der Waals surface area contributed by atoms with Crippen molar-refractivity contribution in [3.8, 4) is 0 Å². The number of benzene rings is 1. The highest BCUT2D eigenvalue weighted by Crippen LogP contribution is 2.15. The van der Waals surface area contributed by atoms with E-state index >= 15 is 0 Å². The molecule has 0 bridgehead atoms. The van der Waals surface area contributed by atoms with Crippen LogP contribution in [0.15, 0.2) is 29.3 Å². The third-order valence-corrected chi connectivity index (χ3v) is 4.40. The summed E-state index contributed by atoms with van der Waals surface area (Å²) in [6.45, 7) is 9.62. The van der Waals surface area contributed by atoms with Crippen LogP contribution in [0.3, 0.4) is 0 Å². The van der Waals surface area contributed by atoms with Gasteiger partial charge in [0.15, 0.2) is 5.96 Å². The zero-order valence-electron chi connectivity index (χ0n) is 14.6. The molecule has 0 saturated carbocycles. The van der Waals surface area contributed by atoms with E-state index in [0.717, 1.165) is 50.4 Å². The molecular weight excluding hydrogens is 439 g/mol. The van der Waals surface area contributed by atoms with Crippen LogP contribution < -0.4 is 10.6 Å². The molecule has 0 radical (unpaired) electrons. The molecule has 1 saturated heterocycles. The number of hydrogen-bond donors (Lipinski definition) is 2. The van der Waals surface area contributed by atoms with E-state index in [2.05, 4.69) is 34.4 Å². The van der Waals surface area contributed by atoms with Crippen LogP contribution in [0.2, 0.25) is 5.02 Å². The summed E-state index contributed by atoms with van der Waals surface area (Å²) in [5, 5.41) is 7.51. The summed E-state index contributed by atoms with van der Waals surface area (Å²) in [6, 6.07) is 7.83. The van der Waals surface area contributed by atoms with Gasteiger partial charge in [0.05, 0.1) is 13.2 Å². The molecule has 136 valence electrons. The molecule has 1 aromatic rings. The summed E-state index contributed by atoms with van der Waals surface area (Å²) in [4.78, 5) is 6.75. The highest BCUT2D eigenvalue weighted by Gasteiger charge is 2.28. The number of guanidine groups is 1. The predicted octanol–water partition coefficient (Wildman–Crippen LogP) is 2.73. The fraction of sp³-hybridized carbons (Fsp3) is 0.588. The van der Waals surface area contributed by atoms with Gasteiger partial charge in [0.25, 0.3) is 0 Å². The second-order valence-corrected chi connectivity index (χ2v) is 6.75. The minimum atomic E-state index is 0. The molecule has 0 spiro atoms. The van der Waals surface area contributed by atoms with Gasteiger partial charge in [-0.3, -0.25) is 9.89 Å². The maximum atomic E-state index is 5.91. The molecule has 1 aromatic carbocycles. The number of nitrogens with zero attached hydrogens (tertiary/aromatic N) is 2. The summed E-state index contributed by atoms with van der Waals surface area (Å²) >= 11 is 5.91. The molecule has 5 nitrogen and oxygen atoms in total. The van der Waals surface area contributed by atoms with Crippen molar-refractivity contribution in [1.82, 2.24) is 15.5 Å². The first-order valence-electron chi connectivity index (χ1n) is 8.03. The number of halogens is 2. The van der Waals surface area contributed by atoms with E-state index in [9.17, 15) is 0 Å². The zero-order chi connectivity index (χ0) is 16.7. The zero-order valence-corrected chi connectivity index (χ0v) is 17.7. The average molecular weight is 467 g/mol. The van der Waals surface area contributed by atoms with E-state index in [1.54, 1.807) is 7.05 Å². The van der Waals surface area contributed by atoms with Gasteiger partial charge >= 0.3 is 0 Å². The maximum Gasteiger partial charge on any atom is 0.191 e. The number of nitrogens with one attached hydrogen (secondary N) is 2. The molecule has 2 N–H and O–H groups in total. The van der Waals surface area contributed by atoms with Gasteiger partial charge in [0, 0.05) is 43.8 Å². The summed E-state index contributed by atoms with van der Waals surface area (Å²) in [6.07, 6.45) is 0. The van der Waals surface area contributed by atoms with Crippen LogP contribution >= 0.6 is 35.6 Å². The lowest BCUT2D eigenvalue weighted by Gasteiger charge is -2.41. The lowest BCUT2D eigenvalue weighted by Crippen LogP contribution is -2.56. The Kier molecular flexibility index (Phi) is 9.33. The Balaban J connectivity index is 0.00000288. The normalized spacial score (nSPS) is 16.4. The van der Waals surface area contributed by atoms with Crippen LogP contribution in [0.4, 0.5) is 0 Å². The first-order chi connectivity index (χ1) is 11.0. The van der Waals surface area contributed by atoms with Crippen LogP contribution in [0.5, 0.6) is 0 Å². The van der Waals surface area contributed by atoms with Crippen molar-refractivity contribution in [2.75, 3.05) is 39.9 Å². The molecule has 2 rings (SSSR count). The van der Waals surface area contributed by atoms with Crippen molar-refractivity contribution >= 4 is 41.5 Å². The number of hydrogen-bond acceptors (Lipinski definition) is 3. The van der Waals surface area contributed by atoms with E-state index in [4.69, 9.17) is 16.3 Å². The highest BCUT2D eigenvalue weighted by molar-refractivity contribution is 14.0. The van der Waals surface area contributed by atoms with Gasteiger partial charge in [0.1, 0.15) is 0 Å². The topological polar surface area (TPSA) is 48.9 Å². The van der Waals surface area contributed by atoms with Gasteiger partial charge in [-0.25, -0.2) is 0 Å². The van der Waals surface area contributed by atoms with Crippen LogP contribution in [0.25, 0.3) is 0 Å². The van der Waals surface area contributed by atoms with Crippen LogP contribution in [0.1, 0.15) is 19.4 Å². The Labute approximate surface area is 167 Å². The van der Waals surface area contributed by atoms with E-state index in [0.29, 0.717) is 0 Å². The predicted molar refractivity (Wildman–Crippen MR) is 112 cm³/mol. The largest absolute Gasteiger partial charge is 0.379 e. The van der Waals surface area contributed by atoms with Crippen molar-refractivity contribution in [3.63, 3.8) is 0 Å². The molecule has 0 aliphatic carbocycles. The van der Waals surface area contributed by atoms with E-state index in [1.807, 2.05) is 24.3 Å². The molecule has 0 amide bonds. The Bertz CT molecular complexity index is 516. The van der Waals surface area contributed by atoms with E-state index in [-0.39, 0.29) is 29.5 Å². The van der Waals surface area contributed by atoms with Gasteiger partial charge in [0.2, 0.25) is 0 Å². The molecule has 0 aromatic heterocycles. The van der Waals surface area contributed by atoms with Crippen molar-refractivity contribution in [3.05, 3.63) is 34.9 Å². The summed E-state index contributed by atoms with van der Waals surface area (Å²) in [7, 11) is 1.79. The molecule has 24 heavy (non-hydrogen) atoms. The standard InChI is InChI=1S/C17H27ClN4O.HI/c1-17(2,22-8-10-23-11-9-22)13-21-16(19-3)20-12-14-4-6-15(18)7-5-14;/h4-7H,8-13H2,1-3H3,(H2,19,20,21);1H. The van der Waals surface area contributed by atoms with E-state index in [1.165, 1.54) is 5.56 Å². The summed E-state index contributed by atoms with van der Waals surface area (Å²) in [5.74, 6) is 0.807. The van der Waals surface area contributed by atoms with Gasteiger partial charge < -0.3 is 15.4 Å². The SMILES string of the molecule is CN=C(NCc1ccc(Cl)cc1)NCC(C)(C)N1CCOCC1.I. The highest BCUT2D eigenvalue weighted by atomic mass is 127. The van der Waals surface area contributed by atoms with Crippen molar-refractivity contribution in [2.45, 2.75) is 25.9 Å². The molecule has 1 aliphatic heterocycles. The quantitative estimate of drug-likeness (QED) is 0.398. The average Bonchev–Trinajstić information content (AvgIpc) is 2.57. The van der Waals surface area contributed by atoms with Gasteiger partial charge in [-0.05, 0) is 31.5 Å². The first-order valence-corrected chi connectivity index (χ1v) is 8.41. The van der Waals surface area contributed by atoms with Crippen molar-refractivity contribution < 1.29 is 4.74 Å². The van der Waals surface area contributed by atoms with Crippen LogP contribution in [0, 0.1) is 0 Å². The van der Waals surface area contributed by atoms with Gasteiger partial charge in [-0.1, -0.05) is 23.7 Å².